The van der Waals surface area contributed by atoms with E-state index < -0.39 is 0 Å². The Morgan fingerprint density at radius 2 is 1.62 bits per heavy atom. The van der Waals surface area contributed by atoms with Crippen LogP contribution in [-0.4, -0.2) is 40.5 Å². The maximum Gasteiger partial charge on any atom is 0.225 e. The van der Waals surface area contributed by atoms with E-state index in [9.17, 15) is 4.79 Å². The fraction of sp³-hybridized carbons (Fsp3) is 0.409. The second-order valence-corrected chi connectivity index (χ2v) is 6.96. The Morgan fingerprint density at radius 3 is 2.21 bits per heavy atom. The Hall–Kier alpha value is -3.09. The molecule has 0 aromatic heterocycles. The van der Waals surface area contributed by atoms with Crippen LogP contribution in [0.2, 0.25) is 0 Å². The number of fused-ring (bicyclic) bond motifs is 1. The van der Waals surface area contributed by atoms with Gasteiger partial charge < -0.3 is 29.0 Å². The van der Waals surface area contributed by atoms with Crippen molar-refractivity contribution in [2.75, 3.05) is 33.8 Å². The van der Waals surface area contributed by atoms with E-state index in [-0.39, 0.29) is 24.3 Å². The average Bonchev–Trinajstić information content (AvgIpc) is 2.71. The van der Waals surface area contributed by atoms with Crippen molar-refractivity contribution < 1.29 is 28.5 Å². The van der Waals surface area contributed by atoms with Crippen LogP contribution in [0, 0.1) is 0 Å². The predicted octanol–water partition coefficient (Wildman–Crippen LogP) is 3.98. The highest BCUT2D eigenvalue weighted by Crippen LogP contribution is 2.53. The first-order chi connectivity index (χ1) is 13.9. The van der Waals surface area contributed by atoms with Crippen LogP contribution in [0.15, 0.2) is 24.3 Å². The zero-order chi connectivity index (χ0) is 21.1. The number of anilines is 1. The Balaban J connectivity index is 2.28. The largest absolute Gasteiger partial charge is 0.493 e. The van der Waals surface area contributed by atoms with Crippen LogP contribution in [0.25, 0.3) is 0 Å². The van der Waals surface area contributed by atoms with Gasteiger partial charge >= 0.3 is 0 Å². The number of hydrogen-bond acceptors (Lipinski definition) is 6. The first-order valence-electron chi connectivity index (χ1n) is 9.41. The molecule has 0 fully saturated rings. The molecule has 1 N–H and O–H groups in total. The minimum absolute atomic E-state index is 0.0609. The van der Waals surface area contributed by atoms with Crippen molar-refractivity contribution in [2.45, 2.75) is 32.3 Å². The minimum Gasteiger partial charge on any atom is -0.493 e. The third kappa shape index (κ3) is 3.77. The monoisotopic (exact) mass is 401 g/mol. The third-order valence-electron chi connectivity index (χ3n) is 4.84. The van der Waals surface area contributed by atoms with Gasteiger partial charge in [-0.1, -0.05) is 12.1 Å². The third-order valence-corrected chi connectivity index (χ3v) is 4.84. The number of para-hydroxylation sites is 1. The summed E-state index contributed by atoms with van der Waals surface area (Å²) in [5, 5.41) is 2.92. The number of hydrogen-bond donors (Lipinski definition) is 1. The van der Waals surface area contributed by atoms with E-state index in [0.717, 1.165) is 11.1 Å². The normalized spacial score (nSPS) is 15.4. The summed E-state index contributed by atoms with van der Waals surface area (Å²) in [6, 6.07) is 7.44. The van der Waals surface area contributed by atoms with Crippen LogP contribution in [0.1, 0.15) is 37.3 Å². The van der Waals surface area contributed by atoms with Crippen LogP contribution >= 0.6 is 0 Å². The van der Waals surface area contributed by atoms with Crippen LogP contribution in [-0.2, 0) is 4.79 Å². The van der Waals surface area contributed by atoms with Gasteiger partial charge in [0.25, 0.3) is 0 Å². The lowest BCUT2D eigenvalue weighted by Gasteiger charge is -2.31. The molecule has 3 rings (SSSR count). The van der Waals surface area contributed by atoms with E-state index in [1.807, 2.05) is 32.0 Å². The smallest absolute Gasteiger partial charge is 0.225 e. The zero-order valence-electron chi connectivity index (χ0n) is 17.6. The summed E-state index contributed by atoms with van der Waals surface area (Å²) in [5.74, 6) is 2.30. The van der Waals surface area contributed by atoms with E-state index in [2.05, 4.69) is 5.32 Å². The molecule has 1 aliphatic heterocycles. The maximum absolute atomic E-state index is 12.6. The number of rotatable bonds is 7. The molecule has 0 radical (unpaired) electrons. The molecule has 2 aromatic rings. The molecule has 29 heavy (non-hydrogen) atoms. The quantitative estimate of drug-likeness (QED) is 0.756. The summed E-state index contributed by atoms with van der Waals surface area (Å²) >= 11 is 0. The van der Waals surface area contributed by atoms with E-state index in [1.54, 1.807) is 34.5 Å². The Kier molecular flexibility index (Phi) is 6.06. The van der Waals surface area contributed by atoms with Crippen LogP contribution in [0.3, 0.4) is 0 Å². The molecule has 0 aliphatic carbocycles. The van der Waals surface area contributed by atoms with Gasteiger partial charge in [0.15, 0.2) is 23.0 Å². The molecule has 0 saturated heterocycles. The van der Waals surface area contributed by atoms with Gasteiger partial charge in [0.2, 0.25) is 11.7 Å². The molecule has 156 valence electrons. The number of carbonyl (C=O) groups is 1. The number of nitrogens with one attached hydrogen (secondary N) is 1. The minimum atomic E-state index is -0.308. The van der Waals surface area contributed by atoms with Gasteiger partial charge in [-0.25, -0.2) is 0 Å². The lowest BCUT2D eigenvalue weighted by Crippen LogP contribution is -2.25. The van der Waals surface area contributed by atoms with Gasteiger partial charge in [0, 0.05) is 29.5 Å². The van der Waals surface area contributed by atoms with E-state index >= 15 is 0 Å². The molecule has 1 unspecified atom stereocenters. The van der Waals surface area contributed by atoms with Gasteiger partial charge in [0.1, 0.15) is 0 Å². The fourth-order valence-corrected chi connectivity index (χ4v) is 3.71. The number of carbonyl (C=O) groups excluding carboxylic acids is 1. The summed E-state index contributed by atoms with van der Waals surface area (Å²) in [6.45, 7) is 3.90. The van der Waals surface area contributed by atoms with Gasteiger partial charge in [-0.15, -0.1) is 0 Å². The number of amides is 1. The van der Waals surface area contributed by atoms with Crippen molar-refractivity contribution in [3.05, 3.63) is 35.4 Å². The van der Waals surface area contributed by atoms with Crippen LogP contribution < -0.4 is 29.0 Å². The molecule has 0 spiro atoms. The summed E-state index contributed by atoms with van der Waals surface area (Å²) < 4.78 is 28.3. The van der Waals surface area contributed by atoms with Crippen molar-refractivity contribution in [1.29, 1.82) is 0 Å². The molecular weight excluding hydrogens is 374 g/mol. The van der Waals surface area contributed by atoms with Crippen molar-refractivity contribution in [3.63, 3.8) is 0 Å². The Labute approximate surface area is 170 Å². The first-order valence-corrected chi connectivity index (χ1v) is 9.41. The summed E-state index contributed by atoms with van der Waals surface area (Å²) in [4.78, 5) is 12.6. The molecule has 0 bridgehead atoms. The zero-order valence-corrected chi connectivity index (χ0v) is 17.6. The molecule has 1 heterocycles. The topological polar surface area (TPSA) is 75.3 Å². The highest BCUT2D eigenvalue weighted by atomic mass is 16.5. The van der Waals surface area contributed by atoms with Gasteiger partial charge in [-0.2, -0.15) is 0 Å². The summed E-state index contributed by atoms with van der Waals surface area (Å²) in [7, 11) is 6.27. The molecule has 1 aliphatic rings. The molecular formula is C22H27NO6. The van der Waals surface area contributed by atoms with Gasteiger partial charge in [-0.05, 0) is 19.9 Å². The standard InChI is InChI=1S/C22H27NO6/c1-12(2)29-20-13(8-7-9-16(20)25-3)14-10-18(24)23-15-11-17(26-4)21(27-5)22(28-6)19(14)15/h7-9,11-12,14H,10H2,1-6H3,(H,23,24). The molecule has 1 amide bonds. The first kappa shape index (κ1) is 20.6. The van der Waals surface area contributed by atoms with Crippen LogP contribution in [0.4, 0.5) is 5.69 Å². The van der Waals surface area contributed by atoms with Crippen LogP contribution in [0.5, 0.6) is 28.7 Å². The van der Waals surface area contributed by atoms with Crippen molar-refractivity contribution in [3.8, 4) is 28.7 Å². The van der Waals surface area contributed by atoms with E-state index in [4.69, 9.17) is 23.7 Å². The number of methoxy groups -OCH3 is 4. The van der Waals surface area contributed by atoms with Gasteiger partial charge in [-0.3, -0.25) is 4.79 Å². The summed E-state index contributed by atoms with van der Waals surface area (Å²) in [6.07, 6.45) is 0.176. The highest BCUT2D eigenvalue weighted by Gasteiger charge is 2.35. The fourth-order valence-electron chi connectivity index (χ4n) is 3.71. The van der Waals surface area contributed by atoms with E-state index in [0.29, 0.717) is 34.4 Å². The van der Waals surface area contributed by atoms with Crippen molar-refractivity contribution in [2.24, 2.45) is 0 Å². The van der Waals surface area contributed by atoms with E-state index in [1.165, 1.54) is 0 Å². The number of ether oxygens (including phenoxy) is 5. The molecule has 0 saturated carbocycles. The summed E-state index contributed by atoms with van der Waals surface area (Å²) in [5.41, 5.74) is 2.28. The Morgan fingerprint density at radius 1 is 0.931 bits per heavy atom. The molecule has 2 aromatic carbocycles. The lowest BCUT2D eigenvalue weighted by molar-refractivity contribution is -0.116. The van der Waals surface area contributed by atoms with Crippen molar-refractivity contribution in [1.82, 2.24) is 0 Å². The second kappa shape index (κ2) is 8.51. The molecule has 7 nitrogen and oxygen atoms in total. The SMILES string of the molecule is COc1cccc(C2CC(=O)Nc3cc(OC)c(OC)c(OC)c32)c1OC(C)C. The molecule has 1 atom stereocenters. The lowest BCUT2D eigenvalue weighted by atomic mass is 9.83. The molecule has 7 heteroatoms. The van der Waals surface area contributed by atoms with Gasteiger partial charge in [0.05, 0.1) is 40.2 Å². The highest BCUT2D eigenvalue weighted by molar-refractivity contribution is 5.97. The average molecular weight is 401 g/mol. The number of benzene rings is 2. The van der Waals surface area contributed by atoms with Crippen molar-refractivity contribution >= 4 is 11.6 Å². The second-order valence-electron chi connectivity index (χ2n) is 6.96. The maximum atomic E-state index is 12.6. The Bertz CT molecular complexity index is 909. The predicted molar refractivity (Wildman–Crippen MR) is 110 cm³/mol.